The van der Waals surface area contributed by atoms with Crippen LogP contribution < -0.4 is 0 Å². The number of rotatable bonds is 34. The number of carboxylic acids is 2. The van der Waals surface area contributed by atoms with Gasteiger partial charge in [0.05, 0.1) is 0 Å². The van der Waals surface area contributed by atoms with Gasteiger partial charge < -0.3 is 15.3 Å². The van der Waals surface area contributed by atoms with Gasteiger partial charge in [0.25, 0.3) is 0 Å². The van der Waals surface area contributed by atoms with Gasteiger partial charge in [-0.3, -0.25) is 4.79 Å². The van der Waals surface area contributed by atoms with Crippen LogP contribution in [0.15, 0.2) is 0 Å². The van der Waals surface area contributed by atoms with E-state index >= 15 is 0 Å². The van der Waals surface area contributed by atoms with Crippen LogP contribution in [0.2, 0.25) is 0 Å². The second-order valence-electron chi connectivity index (χ2n) is 12.9. The third-order valence-electron chi connectivity index (χ3n) is 8.82. The second kappa shape index (κ2) is 30.4. The normalized spacial score (nSPS) is 12.9. The molecule has 0 heterocycles. The van der Waals surface area contributed by atoms with Crippen molar-refractivity contribution < 1.29 is 24.9 Å². The smallest absolute Gasteiger partial charge is 0.335 e. The quantitative estimate of drug-likeness (QED) is 0.0656. The van der Waals surface area contributed by atoms with Crippen molar-refractivity contribution in [2.75, 3.05) is 0 Å². The highest BCUT2D eigenvalue weighted by Gasteiger charge is 2.34. The van der Waals surface area contributed by atoms with Crippen molar-refractivity contribution >= 4 is 11.9 Å². The number of hydrogen-bond donors (Lipinski definition) is 3. The fourth-order valence-electron chi connectivity index (χ4n) is 5.94. The van der Waals surface area contributed by atoms with E-state index in [1.807, 2.05) is 0 Å². The van der Waals surface area contributed by atoms with Crippen LogP contribution >= 0.6 is 0 Å². The molecule has 1 atom stereocenters. The fourth-order valence-corrected chi connectivity index (χ4v) is 5.94. The lowest BCUT2D eigenvalue weighted by molar-refractivity contribution is -0.160. The Kier molecular flexibility index (Phi) is 29.5. The van der Waals surface area contributed by atoms with Gasteiger partial charge in [0.1, 0.15) is 0 Å². The number of aliphatic carboxylic acids is 2. The molecule has 0 fully saturated rings. The largest absolute Gasteiger partial charge is 0.481 e. The van der Waals surface area contributed by atoms with Crippen LogP contribution in [0.4, 0.5) is 0 Å². The molecule has 244 valence electrons. The van der Waals surface area contributed by atoms with Crippen molar-refractivity contribution in [2.45, 2.75) is 218 Å². The summed E-state index contributed by atoms with van der Waals surface area (Å²) in [4.78, 5) is 22.2. The minimum Gasteiger partial charge on any atom is -0.481 e. The van der Waals surface area contributed by atoms with Gasteiger partial charge in [-0.1, -0.05) is 174 Å². The first-order valence-electron chi connectivity index (χ1n) is 18.1. The first kappa shape index (κ1) is 39.9. The molecule has 41 heavy (non-hydrogen) atoms. The first-order valence-corrected chi connectivity index (χ1v) is 18.1. The SMILES string of the molecule is CCCCCCCCCCCCCCCCC(O)(CCCCCCCCCCCCCCCCCC(=O)O)C(=O)O. The van der Waals surface area contributed by atoms with Crippen molar-refractivity contribution in [2.24, 2.45) is 0 Å². The van der Waals surface area contributed by atoms with Crippen LogP contribution in [-0.2, 0) is 9.59 Å². The topological polar surface area (TPSA) is 94.8 Å². The van der Waals surface area contributed by atoms with Gasteiger partial charge in [-0.15, -0.1) is 0 Å². The third kappa shape index (κ3) is 28.8. The minimum atomic E-state index is -1.53. The van der Waals surface area contributed by atoms with E-state index in [4.69, 9.17) is 5.11 Å². The molecule has 0 spiro atoms. The van der Waals surface area contributed by atoms with Crippen LogP contribution in [0.25, 0.3) is 0 Å². The van der Waals surface area contributed by atoms with Gasteiger partial charge in [-0.2, -0.15) is 0 Å². The molecule has 0 aromatic heterocycles. The van der Waals surface area contributed by atoms with Crippen LogP contribution in [0.3, 0.4) is 0 Å². The Labute approximate surface area is 254 Å². The van der Waals surface area contributed by atoms with Gasteiger partial charge in [0, 0.05) is 6.42 Å². The minimum absolute atomic E-state index is 0.310. The van der Waals surface area contributed by atoms with Gasteiger partial charge in [0.2, 0.25) is 0 Å². The highest BCUT2D eigenvalue weighted by molar-refractivity contribution is 5.76. The molecule has 0 bridgehead atoms. The summed E-state index contributed by atoms with van der Waals surface area (Å²) in [5, 5.41) is 28.9. The molecule has 0 aliphatic heterocycles. The van der Waals surface area contributed by atoms with E-state index in [1.54, 1.807) is 0 Å². The van der Waals surface area contributed by atoms with Crippen LogP contribution in [0.5, 0.6) is 0 Å². The third-order valence-corrected chi connectivity index (χ3v) is 8.82. The van der Waals surface area contributed by atoms with Crippen LogP contribution in [0, 0.1) is 0 Å². The average Bonchev–Trinajstić information content (AvgIpc) is 2.94. The molecule has 0 amide bonds. The molecule has 0 aliphatic rings. The highest BCUT2D eigenvalue weighted by atomic mass is 16.4. The predicted molar refractivity (Wildman–Crippen MR) is 174 cm³/mol. The molecular formula is C36H70O5. The Morgan fingerprint density at radius 2 is 0.659 bits per heavy atom. The van der Waals surface area contributed by atoms with E-state index in [2.05, 4.69) is 6.92 Å². The number of carboxylic acid groups (broad SMARTS) is 2. The molecule has 0 aliphatic carbocycles. The van der Waals surface area contributed by atoms with E-state index in [0.29, 0.717) is 19.3 Å². The highest BCUT2D eigenvalue weighted by Crippen LogP contribution is 2.24. The van der Waals surface area contributed by atoms with Gasteiger partial charge in [0.15, 0.2) is 5.60 Å². The van der Waals surface area contributed by atoms with Crippen molar-refractivity contribution in [3.05, 3.63) is 0 Å². The molecule has 0 saturated heterocycles. The first-order chi connectivity index (χ1) is 19.9. The molecule has 0 aromatic carbocycles. The summed E-state index contributed by atoms with van der Waals surface area (Å²) in [7, 11) is 0. The fraction of sp³-hybridized carbons (Fsp3) is 0.944. The van der Waals surface area contributed by atoms with Gasteiger partial charge >= 0.3 is 11.9 Å². The number of unbranched alkanes of at least 4 members (excludes halogenated alkanes) is 27. The Morgan fingerprint density at radius 3 is 0.902 bits per heavy atom. The number of carbonyl (C=O) groups is 2. The van der Waals surface area contributed by atoms with E-state index in [9.17, 15) is 19.8 Å². The predicted octanol–water partition coefficient (Wildman–Crippen LogP) is 11.4. The van der Waals surface area contributed by atoms with Crippen LogP contribution in [-0.4, -0.2) is 32.9 Å². The lowest BCUT2D eigenvalue weighted by Crippen LogP contribution is -2.38. The summed E-state index contributed by atoms with van der Waals surface area (Å²) in [6.07, 6.45) is 36.4. The lowest BCUT2D eigenvalue weighted by Gasteiger charge is -2.23. The van der Waals surface area contributed by atoms with E-state index < -0.39 is 17.5 Å². The summed E-state index contributed by atoms with van der Waals surface area (Å²) in [5.74, 6) is -1.72. The monoisotopic (exact) mass is 583 g/mol. The summed E-state index contributed by atoms with van der Waals surface area (Å²) in [5.41, 5.74) is -1.53. The molecule has 5 heteroatoms. The average molecular weight is 583 g/mol. The summed E-state index contributed by atoms with van der Waals surface area (Å²) < 4.78 is 0. The van der Waals surface area contributed by atoms with Gasteiger partial charge in [-0.25, -0.2) is 4.79 Å². The second-order valence-corrected chi connectivity index (χ2v) is 12.9. The molecule has 0 saturated carbocycles. The van der Waals surface area contributed by atoms with Gasteiger partial charge in [-0.05, 0) is 32.1 Å². The van der Waals surface area contributed by atoms with Crippen LogP contribution in [0.1, 0.15) is 212 Å². The Balaban J connectivity index is 3.52. The van der Waals surface area contributed by atoms with Crippen molar-refractivity contribution in [1.29, 1.82) is 0 Å². The van der Waals surface area contributed by atoms with E-state index in [-0.39, 0.29) is 0 Å². The molecule has 3 N–H and O–H groups in total. The maximum Gasteiger partial charge on any atom is 0.335 e. The van der Waals surface area contributed by atoms with Crippen molar-refractivity contribution in [3.8, 4) is 0 Å². The zero-order valence-electron chi connectivity index (χ0n) is 27.3. The zero-order chi connectivity index (χ0) is 30.3. The Bertz CT molecular complexity index is 578. The standard InChI is InChI=1S/C36H70O5/c1-2-3-4-5-6-7-8-9-14-17-20-23-26-29-32-36(41,35(39)40)33-30-27-24-21-18-15-12-10-11-13-16-19-22-25-28-31-34(37)38/h41H,2-33H2,1H3,(H,37,38)(H,39,40). The molecule has 5 nitrogen and oxygen atoms in total. The Morgan fingerprint density at radius 1 is 0.415 bits per heavy atom. The number of hydrogen-bond acceptors (Lipinski definition) is 3. The maximum absolute atomic E-state index is 11.7. The van der Waals surface area contributed by atoms with Crippen molar-refractivity contribution in [1.82, 2.24) is 0 Å². The molecular weight excluding hydrogens is 512 g/mol. The summed E-state index contributed by atoms with van der Waals surface area (Å²) in [6.45, 7) is 2.27. The molecule has 0 aromatic rings. The molecule has 0 radical (unpaired) electrons. The zero-order valence-corrected chi connectivity index (χ0v) is 27.3. The maximum atomic E-state index is 11.7. The van der Waals surface area contributed by atoms with E-state index in [0.717, 1.165) is 57.8 Å². The number of aliphatic hydroxyl groups is 1. The summed E-state index contributed by atoms with van der Waals surface area (Å²) in [6, 6.07) is 0. The summed E-state index contributed by atoms with van der Waals surface area (Å²) >= 11 is 0. The van der Waals surface area contributed by atoms with Crippen molar-refractivity contribution in [3.63, 3.8) is 0 Å². The lowest BCUT2D eigenvalue weighted by atomic mass is 9.89. The Hall–Kier alpha value is -1.10. The molecule has 0 rings (SSSR count). The molecule has 1 unspecified atom stereocenters. The van der Waals surface area contributed by atoms with E-state index in [1.165, 1.54) is 128 Å².